The van der Waals surface area contributed by atoms with Crippen LogP contribution in [-0.4, -0.2) is 30.4 Å². The van der Waals surface area contributed by atoms with Gasteiger partial charge in [0.1, 0.15) is 5.75 Å². The standard InChI is InChI=1S/C19H18ClN3O5/c1-11-3-5-14(23(26)27)9-15(11)21-19(25)12-7-18(24)22(10-12)16-8-13(20)4-6-17(16)28-2/h3-6,8-9,12H,7,10H2,1-2H3,(H,21,25). The Morgan fingerprint density at radius 2 is 2.07 bits per heavy atom. The molecule has 28 heavy (non-hydrogen) atoms. The maximum absolute atomic E-state index is 12.7. The summed E-state index contributed by atoms with van der Waals surface area (Å²) in [6.45, 7) is 1.90. The lowest BCUT2D eigenvalue weighted by Crippen LogP contribution is -2.28. The van der Waals surface area contributed by atoms with Crippen molar-refractivity contribution in [3.8, 4) is 5.75 Å². The largest absolute Gasteiger partial charge is 0.495 e. The summed E-state index contributed by atoms with van der Waals surface area (Å²) >= 11 is 6.04. The molecule has 1 N–H and O–H groups in total. The summed E-state index contributed by atoms with van der Waals surface area (Å²) in [7, 11) is 1.49. The number of hydrogen-bond donors (Lipinski definition) is 1. The van der Waals surface area contributed by atoms with E-state index in [2.05, 4.69) is 5.32 Å². The van der Waals surface area contributed by atoms with Gasteiger partial charge in [-0.3, -0.25) is 19.7 Å². The minimum atomic E-state index is -0.602. The second kappa shape index (κ2) is 7.85. The molecule has 1 saturated heterocycles. The number of nitrogens with one attached hydrogen (secondary N) is 1. The molecule has 0 aromatic heterocycles. The van der Waals surface area contributed by atoms with Crippen molar-refractivity contribution in [2.24, 2.45) is 5.92 Å². The molecule has 1 aliphatic rings. The number of non-ortho nitro benzene ring substituents is 1. The Balaban J connectivity index is 1.79. The van der Waals surface area contributed by atoms with Crippen LogP contribution in [0.15, 0.2) is 36.4 Å². The molecule has 9 heteroatoms. The van der Waals surface area contributed by atoms with E-state index in [4.69, 9.17) is 16.3 Å². The Bertz CT molecular complexity index is 963. The molecular weight excluding hydrogens is 386 g/mol. The van der Waals surface area contributed by atoms with Crippen LogP contribution in [0.1, 0.15) is 12.0 Å². The molecule has 0 aliphatic carbocycles. The molecule has 3 rings (SSSR count). The summed E-state index contributed by atoms with van der Waals surface area (Å²) < 4.78 is 5.29. The predicted octanol–water partition coefficient (Wildman–Crippen LogP) is 3.56. The maximum Gasteiger partial charge on any atom is 0.271 e. The summed E-state index contributed by atoms with van der Waals surface area (Å²) in [5.41, 5.74) is 1.43. The third-order valence-corrected chi connectivity index (χ3v) is 4.85. The highest BCUT2D eigenvalue weighted by molar-refractivity contribution is 6.31. The zero-order valence-electron chi connectivity index (χ0n) is 15.3. The molecule has 0 saturated carbocycles. The highest BCUT2D eigenvalue weighted by Crippen LogP contribution is 2.35. The van der Waals surface area contributed by atoms with Gasteiger partial charge >= 0.3 is 0 Å². The number of rotatable bonds is 5. The quantitative estimate of drug-likeness (QED) is 0.607. The monoisotopic (exact) mass is 403 g/mol. The topological polar surface area (TPSA) is 102 Å². The van der Waals surface area contributed by atoms with Crippen LogP contribution in [0, 0.1) is 23.0 Å². The number of halogens is 1. The average molecular weight is 404 g/mol. The summed E-state index contributed by atoms with van der Waals surface area (Å²) in [5, 5.41) is 14.1. The van der Waals surface area contributed by atoms with Crippen LogP contribution < -0.4 is 15.0 Å². The molecule has 1 heterocycles. The molecule has 0 radical (unpaired) electrons. The fourth-order valence-electron chi connectivity index (χ4n) is 3.08. The predicted molar refractivity (Wildman–Crippen MR) is 105 cm³/mol. The Labute approximate surface area is 166 Å². The number of benzene rings is 2. The number of aryl methyl sites for hydroxylation is 1. The van der Waals surface area contributed by atoms with E-state index >= 15 is 0 Å². The second-order valence-corrected chi connectivity index (χ2v) is 6.90. The van der Waals surface area contributed by atoms with Gasteiger partial charge in [0, 0.05) is 30.1 Å². The number of nitro groups is 1. The van der Waals surface area contributed by atoms with E-state index in [-0.39, 0.29) is 30.5 Å². The van der Waals surface area contributed by atoms with Crippen LogP contribution in [0.25, 0.3) is 0 Å². The third kappa shape index (κ3) is 3.91. The zero-order chi connectivity index (χ0) is 20.4. The first-order chi connectivity index (χ1) is 13.3. The van der Waals surface area contributed by atoms with Crippen LogP contribution in [-0.2, 0) is 9.59 Å². The molecule has 0 spiro atoms. The number of ether oxygens (including phenoxy) is 1. The summed E-state index contributed by atoms with van der Waals surface area (Å²) in [6, 6.07) is 9.17. The van der Waals surface area contributed by atoms with Gasteiger partial charge < -0.3 is 15.0 Å². The van der Waals surface area contributed by atoms with Gasteiger partial charge in [-0.15, -0.1) is 0 Å². The Morgan fingerprint density at radius 3 is 2.75 bits per heavy atom. The van der Waals surface area contributed by atoms with Gasteiger partial charge in [0.15, 0.2) is 0 Å². The first-order valence-corrected chi connectivity index (χ1v) is 8.87. The van der Waals surface area contributed by atoms with E-state index in [1.807, 2.05) is 0 Å². The van der Waals surface area contributed by atoms with Gasteiger partial charge in [-0.25, -0.2) is 0 Å². The van der Waals surface area contributed by atoms with E-state index in [0.717, 1.165) is 0 Å². The molecule has 8 nitrogen and oxygen atoms in total. The number of methoxy groups -OCH3 is 1. The molecule has 1 fully saturated rings. The molecule has 1 aliphatic heterocycles. The molecule has 146 valence electrons. The second-order valence-electron chi connectivity index (χ2n) is 6.47. The van der Waals surface area contributed by atoms with E-state index in [9.17, 15) is 19.7 Å². The number of carbonyl (C=O) groups excluding carboxylic acids is 2. The van der Waals surface area contributed by atoms with E-state index < -0.39 is 10.8 Å². The van der Waals surface area contributed by atoms with Crippen molar-refractivity contribution < 1.29 is 19.2 Å². The normalized spacial score (nSPS) is 16.2. The van der Waals surface area contributed by atoms with Gasteiger partial charge in [-0.2, -0.15) is 0 Å². The van der Waals surface area contributed by atoms with Crippen molar-refractivity contribution >= 4 is 40.5 Å². The molecular formula is C19H18ClN3O5. The van der Waals surface area contributed by atoms with E-state index in [1.54, 1.807) is 31.2 Å². The molecule has 2 amide bonds. The van der Waals surface area contributed by atoms with Crippen molar-refractivity contribution in [2.45, 2.75) is 13.3 Å². The number of nitrogens with zero attached hydrogens (tertiary/aromatic N) is 2. The summed E-state index contributed by atoms with van der Waals surface area (Å²) in [5.74, 6) is -0.722. The summed E-state index contributed by atoms with van der Waals surface area (Å²) in [4.78, 5) is 37.1. The van der Waals surface area contributed by atoms with E-state index in [1.165, 1.54) is 24.1 Å². The number of hydrogen-bond acceptors (Lipinski definition) is 5. The van der Waals surface area contributed by atoms with Gasteiger partial charge in [0.25, 0.3) is 5.69 Å². The van der Waals surface area contributed by atoms with Gasteiger partial charge in [0.05, 0.1) is 29.3 Å². The number of anilines is 2. The van der Waals surface area contributed by atoms with Crippen LogP contribution in [0.2, 0.25) is 5.02 Å². The van der Waals surface area contributed by atoms with Crippen LogP contribution >= 0.6 is 11.6 Å². The Hall–Kier alpha value is -3.13. The van der Waals surface area contributed by atoms with Crippen LogP contribution in [0.3, 0.4) is 0 Å². The number of nitro benzene ring substituents is 1. The van der Waals surface area contributed by atoms with Gasteiger partial charge in [0.2, 0.25) is 11.8 Å². The van der Waals surface area contributed by atoms with Gasteiger partial charge in [-0.1, -0.05) is 17.7 Å². The molecule has 2 aromatic rings. The van der Waals surface area contributed by atoms with Crippen molar-refractivity contribution in [1.29, 1.82) is 0 Å². The fraction of sp³-hybridized carbons (Fsp3) is 0.263. The third-order valence-electron chi connectivity index (χ3n) is 4.62. The zero-order valence-corrected chi connectivity index (χ0v) is 16.0. The number of amides is 2. The Kier molecular flexibility index (Phi) is 5.51. The summed E-state index contributed by atoms with van der Waals surface area (Å²) in [6.07, 6.45) is 0.0233. The van der Waals surface area contributed by atoms with Crippen molar-refractivity contribution in [3.63, 3.8) is 0 Å². The Morgan fingerprint density at radius 1 is 1.32 bits per heavy atom. The molecule has 0 bridgehead atoms. The maximum atomic E-state index is 12.7. The highest BCUT2D eigenvalue weighted by Gasteiger charge is 2.36. The van der Waals surface area contributed by atoms with E-state index in [0.29, 0.717) is 27.7 Å². The SMILES string of the molecule is COc1ccc(Cl)cc1N1CC(C(=O)Nc2cc([N+](=O)[O-])ccc2C)CC1=O. The lowest BCUT2D eigenvalue weighted by molar-refractivity contribution is -0.384. The first-order valence-electron chi connectivity index (χ1n) is 8.50. The van der Waals surface area contributed by atoms with Crippen molar-refractivity contribution in [3.05, 3.63) is 57.1 Å². The fourth-order valence-corrected chi connectivity index (χ4v) is 3.25. The highest BCUT2D eigenvalue weighted by atomic mass is 35.5. The van der Waals surface area contributed by atoms with Crippen LogP contribution in [0.5, 0.6) is 5.75 Å². The molecule has 1 unspecified atom stereocenters. The first kappa shape index (κ1) is 19.6. The molecule has 1 atom stereocenters. The average Bonchev–Trinajstić information content (AvgIpc) is 3.05. The molecule has 2 aromatic carbocycles. The van der Waals surface area contributed by atoms with Crippen molar-refractivity contribution in [1.82, 2.24) is 0 Å². The van der Waals surface area contributed by atoms with Gasteiger partial charge in [-0.05, 0) is 30.7 Å². The van der Waals surface area contributed by atoms with Crippen LogP contribution in [0.4, 0.5) is 17.1 Å². The lowest BCUT2D eigenvalue weighted by Gasteiger charge is -2.20. The lowest BCUT2D eigenvalue weighted by atomic mass is 10.1. The minimum Gasteiger partial charge on any atom is -0.495 e. The smallest absolute Gasteiger partial charge is 0.271 e. The number of carbonyl (C=O) groups is 2. The minimum absolute atomic E-state index is 0.0233. The van der Waals surface area contributed by atoms with Crippen molar-refractivity contribution in [2.75, 3.05) is 23.9 Å².